The Labute approximate surface area is 195 Å². The second-order valence-corrected chi connectivity index (χ2v) is 10.5. The molecule has 0 amide bonds. The summed E-state index contributed by atoms with van der Waals surface area (Å²) >= 11 is 1.66. The zero-order valence-electron chi connectivity index (χ0n) is 17.4. The predicted molar refractivity (Wildman–Crippen MR) is 137 cm³/mol. The second-order valence-electron chi connectivity index (χ2n) is 7.85. The van der Waals surface area contributed by atoms with Crippen LogP contribution in [0.1, 0.15) is 0 Å². The summed E-state index contributed by atoms with van der Waals surface area (Å²) in [5.41, 5.74) is 2.26. The number of benzene rings is 5. The normalized spacial score (nSPS) is 11.9. The second kappa shape index (κ2) is 7.73. The lowest BCUT2D eigenvalue weighted by atomic mass is 9.97. The molecule has 3 nitrogen and oxygen atoms in total. The molecule has 0 bridgehead atoms. The van der Waals surface area contributed by atoms with Gasteiger partial charge >= 0.3 is 10.1 Å². The molecule has 1 aromatic heterocycles. The maximum atomic E-state index is 12.9. The van der Waals surface area contributed by atoms with Gasteiger partial charge in [0.15, 0.2) is 0 Å². The van der Waals surface area contributed by atoms with Crippen LogP contribution in [0.15, 0.2) is 114 Å². The first-order valence-corrected chi connectivity index (χ1v) is 12.7. The lowest BCUT2D eigenvalue weighted by molar-refractivity contribution is 0.486. The van der Waals surface area contributed by atoms with Gasteiger partial charge in [-0.2, -0.15) is 8.42 Å². The molecule has 0 atom stereocenters. The molecule has 160 valence electrons. The molecule has 0 aliphatic heterocycles. The summed E-state index contributed by atoms with van der Waals surface area (Å²) in [6.45, 7) is 0. The Morgan fingerprint density at radius 3 is 2.15 bits per heavy atom. The Balaban J connectivity index is 1.50. The van der Waals surface area contributed by atoms with E-state index in [4.69, 9.17) is 4.18 Å². The molecule has 6 rings (SSSR count). The summed E-state index contributed by atoms with van der Waals surface area (Å²) in [5.74, 6) is 0.297. The van der Waals surface area contributed by atoms with Crippen molar-refractivity contribution in [1.29, 1.82) is 0 Å². The van der Waals surface area contributed by atoms with Gasteiger partial charge in [0.2, 0.25) is 0 Å². The molecule has 0 saturated heterocycles. The quantitative estimate of drug-likeness (QED) is 0.251. The molecule has 0 saturated carbocycles. The molecule has 0 spiro atoms. The van der Waals surface area contributed by atoms with E-state index in [1.165, 1.54) is 10.8 Å². The van der Waals surface area contributed by atoms with Gasteiger partial charge in [-0.15, -0.1) is 11.3 Å². The van der Waals surface area contributed by atoms with E-state index in [1.807, 2.05) is 24.3 Å². The van der Waals surface area contributed by atoms with Crippen LogP contribution in [0.25, 0.3) is 42.1 Å². The smallest absolute Gasteiger partial charge is 0.339 e. The van der Waals surface area contributed by atoms with Gasteiger partial charge in [-0.05, 0) is 64.4 Å². The minimum Gasteiger partial charge on any atom is -0.379 e. The highest BCUT2D eigenvalue weighted by molar-refractivity contribution is 7.87. The van der Waals surface area contributed by atoms with Crippen LogP contribution in [0.4, 0.5) is 0 Å². The van der Waals surface area contributed by atoms with Crippen LogP contribution in [0.5, 0.6) is 5.75 Å². The van der Waals surface area contributed by atoms with Gasteiger partial charge < -0.3 is 4.18 Å². The first-order chi connectivity index (χ1) is 16.1. The van der Waals surface area contributed by atoms with Gasteiger partial charge in [0, 0.05) is 20.2 Å². The SMILES string of the molecule is O=S(=O)(Oc1ccccc1)c1ccc2sc3ccc(-c4cccc5ccccc45)cc3c2c1. The van der Waals surface area contributed by atoms with Gasteiger partial charge in [-0.3, -0.25) is 0 Å². The fourth-order valence-electron chi connectivity index (χ4n) is 4.21. The molecule has 0 unspecified atom stereocenters. The molecule has 5 aromatic carbocycles. The van der Waals surface area contributed by atoms with E-state index in [0.717, 1.165) is 31.3 Å². The number of para-hydroxylation sites is 1. The van der Waals surface area contributed by atoms with Crippen LogP contribution in [0, 0.1) is 0 Å². The highest BCUT2D eigenvalue weighted by Crippen LogP contribution is 2.39. The molecule has 0 fully saturated rings. The van der Waals surface area contributed by atoms with Crippen molar-refractivity contribution < 1.29 is 12.6 Å². The fourth-order valence-corrected chi connectivity index (χ4v) is 6.23. The van der Waals surface area contributed by atoms with Crippen LogP contribution in [-0.2, 0) is 10.1 Å². The molecule has 0 aliphatic carbocycles. The van der Waals surface area contributed by atoms with Crippen LogP contribution in [-0.4, -0.2) is 8.42 Å². The third-order valence-electron chi connectivity index (χ3n) is 5.78. The predicted octanol–water partition coefficient (Wildman–Crippen LogP) is 7.64. The van der Waals surface area contributed by atoms with E-state index in [0.29, 0.717) is 5.75 Å². The van der Waals surface area contributed by atoms with E-state index in [9.17, 15) is 8.42 Å². The Morgan fingerprint density at radius 2 is 1.30 bits per heavy atom. The molecular weight excluding hydrogens is 448 g/mol. The first kappa shape index (κ1) is 20.0. The summed E-state index contributed by atoms with van der Waals surface area (Å²) < 4.78 is 33.3. The van der Waals surface area contributed by atoms with Gasteiger partial charge in [0.25, 0.3) is 0 Å². The van der Waals surface area contributed by atoms with Gasteiger partial charge in [-0.25, -0.2) is 0 Å². The Bertz CT molecular complexity index is 1750. The fraction of sp³-hybridized carbons (Fsp3) is 0. The van der Waals surface area contributed by atoms with Crippen molar-refractivity contribution in [3.05, 3.63) is 109 Å². The van der Waals surface area contributed by atoms with E-state index in [1.54, 1.807) is 47.7 Å². The van der Waals surface area contributed by atoms with Crippen molar-refractivity contribution in [2.24, 2.45) is 0 Å². The number of fused-ring (bicyclic) bond motifs is 4. The summed E-state index contributed by atoms with van der Waals surface area (Å²) in [6, 6.07) is 34.8. The van der Waals surface area contributed by atoms with E-state index < -0.39 is 10.1 Å². The maximum absolute atomic E-state index is 12.9. The van der Waals surface area contributed by atoms with Gasteiger partial charge in [-0.1, -0.05) is 66.7 Å². The van der Waals surface area contributed by atoms with Crippen LogP contribution in [0.2, 0.25) is 0 Å². The van der Waals surface area contributed by atoms with Crippen molar-refractivity contribution in [2.75, 3.05) is 0 Å². The number of hydrogen-bond acceptors (Lipinski definition) is 4. The van der Waals surface area contributed by atoms with Crippen molar-refractivity contribution in [2.45, 2.75) is 4.90 Å². The molecule has 0 aliphatic rings. The Morgan fingerprint density at radius 1 is 0.606 bits per heavy atom. The van der Waals surface area contributed by atoms with E-state index in [-0.39, 0.29) is 4.90 Å². The van der Waals surface area contributed by atoms with Gasteiger partial charge in [0.1, 0.15) is 10.6 Å². The summed E-state index contributed by atoms with van der Waals surface area (Å²) in [6.07, 6.45) is 0. The number of rotatable bonds is 4. The topological polar surface area (TPSA) is 43.4 Å². The third-order valence-corrected chi connectivity index (χ3v) is 8.17. The average Bonchev–Trinajstić information content (AvgIpc) is 3.21. The molecule has 5 heteroatoms. The molecule has 1 heterocycles. The highest BCUT2D eigenvalue weighted by Gasteiger charge is 2.19. The van der Waals surface area contributed by atoms with Crippen molar-refractivity contribution >= 4 is 52.4 Å². The van der Waals surface area contributed by atoms with Gasteiger partial charge in [0.05, 0.1) is 0 Å². The summed E-state index contributed by atoms with van der Waals surface area (Å²) in [4.78, 5) is 0.147. The third kappa shape index (κ3) is 3.55. The number of thiophene rings is 1. The molecule has 33 heavy (non-hydrogen) atoms. The van der Waals surface area contributed by atoms with Crippen molar-refractivity contribution in [3.8, 4) is 16.9 Å². The zero-order chi connectivity index (χ0) is 22.4. The highest BCUT2D eigenvalue weighted by atomic mass is 32.2. The molecular formula is C28H18O3S2. The van der Waals surface area contributed by atoms with Crippen LogP contribution in [0.3, 0.4) is 0 Å². The minimum atomic E-state index is -3.94. The van der Waals surface area contributed by atoms with E-state index in [2.05, 4.69) is 48.5 Å². The largest absolute Gasteiger partial charge is 0.379 e. The summed E-state index contributed by atoms with van der Waals surface area (Å²) in [7, 11) is -3.94. The molecule has 6 aromatic rings. The molecule has 0 radical (unpaired) electrons. The maximum Gasteiger partial charge on any atom is 0.339 e. The zero-order valence-corrected chi connectivity index (χ0v) is 19.1. The van der Waals surface area contributed by atoms with Crippen LogP contribution >= 0.6 is 11.3 Å². The van der Waals surface area contributed by atoms with E-state index >= 15 is 0 Å². The molecule has 0 N–H and O–H groups in total. The number of hydrogen-bond donors (Lipinski definition) is 0. The van der Waals surface area contributed by atoms with Crippen LogP contribution < -0.4 is 4.18 Å². The van der Waals surface area contributed by atoms with Crippen molar-refractivity contribution in [1.82, 2.24) is 0 Å². The Kier molecular flexibility index (Phi) is 4.68. The lowest BCUT2D eigenvalue weighted by Crippen LogP contribution is -2.09. The minimum absolute atomic E-state index is 0.147. The average molecular weight is 467 g/mol. The lowest BCUT2D eigenvalue weighted by Gasteiger charge is -2.08. The Hall–Kier alpha value is -3.67. The van der Waals surface area contributed by atoms with Crippen molar-refractivity contribution in [3.63, 3.8) is 0 Å². The standard InChI is InChI=1S/C28H18O3S2/c29-33(30,31-21-9-2-1-3-10-21)22-14-16-28-26(18-22)25-17-20(13-15-27(25)32-28)24-12-6-8-19-7-4-5-11-23(19)24/h1-18H. The first-order valence-electron chi connectivity index (χ1n) is 10.5. The monoisotopic (exact) mass is 466 g/mol. The summed E-state index contributed by atoms with van der Waals surface area (Å²) in [5, 5.41) is 4.34.